The number of furan rings is 2. The molecule has 4 heteroatoms. The summed E-state index contributed by atoms with van der Waals surface area (Å²) in [6, 6.07) is 145. The molecule has 0 aliphatic heterocycles. The molecule has 532 valence electrons. The lowest BCUT2D eigenvalue weighted by Crippen LogP contribution is -2.16. The summed E-state index contributed by atoms with van der Waals surface area (Å²) >= 11 is 0. The number of para-hydroxylation sites is 2. The Balaban J connectivity index is 0.000000148. The summed E-state index contributed by atoms with van der Waals surface area (Å²) in [7, 11) is 0. The summed E-state index contributed by atoms with van der Waals surface area (Å²) in [5, 5.41) is 4.54. The molecular formula is C108H78N2O2. The summed E-state index contributed by atoms with van der Waals surface area (Å²) in [5.74, 6) is 0. The number of nitrogens with zero attached hydrogens (tertiary/aromatic N) is 2. The van der Waals surface area contributed by atoms with Gasteiger partial charge in [-0.05, 0) is 232 Å². The first-order valence-electron chi connectivity index (χ1n) is 38.8. The second-order valence-electron chi connectivity index (χ2n) is 30.7. The fourth-order valence-electron chi connectivity index (χ4n) is 17.8. The summed E-state index contributed by atoms with van der Waals surface area (Å²) in [5.41, 5.74) is 38.0. The van der Waals surface area contributed by atoms with Crippen LogP contribution in [0.1, 0.15) is 49.9 Å². The molecule has 0 amide bonds. The maximum absolute atomic E-state index is 6.09. The van der Waals surface area contributed by atoms with Gasteiger partial charge in [0.2, 0.25) is 0 Å². The molecule has 2 aliphatic rings. The SMILES string of the molecule is CC1(C)c2ccccc2-c2cccc(-c3ccc(N(c4ccc(-c5ccc(-c6ccccc6)cc5)cc4)c4ccc(-c5cccc6c5C(C)(C)c5ccccc5-6)cc4)cc3)c21.c1ccc(-c2ccc(N(c3ccc(-c4ccc5oc6ccccc6c5c4)cc3)c3ccc(-c4ccc5oc6ccccc6c5c4)cc3)cc2)cc1. The Labute approximate surface area is 653 Å². The zero-order valence-corrected chi connectivity index (χ0v) is 62.8. The number of hydrogen-bond acceptors (Lipinski definition) is 4. The van der Waals surface area contributed by atoms with Crippen LogP contribution in [0.5, 0.6) is 0 Å². The van der Waals surface area contributed by atoms with E-state index in [4.69, 9.17) is 8.83 Å². The molecule has 0 saturated heterocycles. The normalized spacial score (nSPS) is 12.8. The van der Waals surface area contributed by atoms with Crippen LogP contribution in [0.25, 0.3) is 144 Å². The molecule has 2 heterocycles. The Morgan fingerprint density at radius 1 is 0.179 bits per heavy atom. The van der Waals surface area contributed by atoms with Crippen molar-refractivity contribution in [2.45, 2.75) is 38.5 Å². The Hall–Kier alpha value is -14.1. The fourth-order valence-corrected chi connectivity index (χ4v) is 17.8. The first kappa shape index (κ1) is 67.3. The molecule has 19 aromatic rings. The van der Waals surface area contributed by atoms with E-state index in [9.17, 15) is 0 Å². The molecule has 21 rings (SSSR count). The summed E-state index contributed by atoms with van der Waals surface area (Å²) in [4.78, 5) is 4.71. The first-order valence-corrected chi connectivity index (χ1v) is 38.8. The lowest BCUT2D eigenvalue weighted by molar-refractivity contribution is 0.662. The molecule has 0 atom stereocenters. The molecule has 0 unspecified atom stereocenters. The van der Waals surface area contributed by atoms with Crippen molar-refractivity contribution in [3.63, 3.8) is 0 Å². The molecule has 0 N–H and O–H groups in total. The second kappa shape index (κ2) is 27.6. The van der Waals surface area contributed by atoms with Crippen molar-refractivity contribution in [1.82, 2.24) is 0 Å². The minimum Gasteiger partial charge on any atom is -0.456 e. The van der Waals surface area contributed by atoms with E-state index in [0.29, 0.717) is 0 Å². The van der Waals surface area contributed by atoms with Crippen molar-refractivity contribution in [2.24, 2.45) is 0 Å². The van der Waals surface area contributed by atoms with Crippen molar-refractivity contribution in [3.8, 4) is 100 Å². The van der Waals surface area contributed by atoms with E-state index in [1.807, 2.05) is 24.3 Å². The van der Waals surface area contributed by atoms with Crippen LogP contribution in [0, 0.1) is 0 Å². The highest BCUT2D eigenvalue weighted by atomic mass is 16.3. The minimum atomic E-state index is -0.0878. The highest BCUT2D eigenvalue weighted by molar-refractivity contribution is 6.08. The highest BCUT2D eigenvalue weighted by Crippen LogP contribution is 2.55. The van der Waals surface area contributed by atoms with E-state index >= 15 is 0 Å². The van der Waals surface area contributed by atoms with Crippen molar-refractivity contribution in [1.29, 1.82) is 0 Å². The summed E-state index contributed by atoms with van der Waals surface area (Å²) < 4.78 is 12.2. The van der Waals surface area contributed by atoms with Crippen LogP contribution in [0.4, 0.5) is 34.1 Å². The van der Waals surface area contributed by atoms with Gasteiger partial charge in [-0.25, -0.2) is 0 Å². The van der Waals surface area contributed by atoms with Crippen molar-refractivity contribution >= 4 is 78.0 Å². The van der Waals surface area contributed by atoms with Gasteiger partial charge in [0.1, 0.15) is 22.3 Å². The van der Waals surface area contributed by atoms with Gasteiger partial charge in [-0.15, -0.1) is 0 Å². The number of fused-ring (bicyclic) bond motifs is 12. The summed E-state index contributed by atoms with van der Waals surface area (Å²) in [6.07, 6.45) is 0. The van der Waals surface area contributed by atoms with E-state index < -0.39 is 0 Å². The van der Waals surface area contributed by atoms with Crippen molar-refractivity contribution in [3.05, 3.63) is 423 Å². The third-order valence-corrected chi connectivity index (χ3v) is 23.4. The van der Waals surface area contributed by atoms with Crippen LogP contribution in [-0.4, -0.2) is 0 Å². The molecule has 2 aliphatic carbocycles. The molecule has 0 radical (unpaired) electrons. The Bertz CT molecular complexity index is 6420. The predicted octanol–water partition coefficient (Wildman–Crippen LogP) is 30.4. The third kappa shape index (κ3) is 11.9. The average Bonchev–Trinajstić information content (AvgIpc) is 1.57. The van der Waals surface area contributed by atoms with Gasteiger partial charge >= 0.3 is 0 Å². The molecule has 0 fully saturated rings. The maximum Gasteiger partial charge on any atom is 0.135 e. The number of benzene rings is 17. The van der Waals surface area contributed by atoms with Crippen LogP contribution in [0.15, 0.2) is 409 Å². The van der Waals surface area contributed by atoms with Gasteiger partial charge in [0.15, 0.2) is 0 Å². The zero-order chi connectivity index (χ0) is 75.0. The zero-order valence-electron chi connectivity index (χ0n) is 62.8. The number of hydrogen-bond donors (Lipinski definition) is 0. The molecule has 4 nitrogen and oxygen atoms in total. The first-order chi connectivity index (χ1) is 55.0. The molecule has 17 aromatic carbocycles. The third-order valence-electron chi connectivity index (χ3n) is 23.4. The average molecular weight is 1440 g/mol. The van der Waals surface area contributed by atoms with Gasteiger partial charge in [0, 0.05) is 66.5 Å². The van der Waals surface area contributed by atoms with Crippen LogP contribution in [0.3, 0.4) is 0 Å². The summed E-state index contributed by atoms with van der Waals surface area (Å²) in [6.45, 7) is 9.47. The Kier molecular flexibility index (Phi) is 16.6. The monoisotopic (exact) mass is 1430 g/mol. The predicted molar refractivity (Wildman–Crippen MR) is 470 cm³/mol. The minimum absolute atomic E-state index is 0.0878. The van der Waals surface area contributed by atoms with E-state index in [1.54, 1.807) is 0 Å². The van der Waals surface area contributed by atoms with Crippen LogP contribution in [-0.2, 0) is 10.8 Å². The van der Waals surface area contributed by atoms with Crippen LogP contribution in [0.2, 0.25) is 0 Å². The van der Waals surface area contributed by atoms with E-state index in [1.165, 1.54) is 100 Å². The van der Waals surface area contributed by atoms with Gasteiger partial charge in [-0.1, -0.05) is 319 Å². The largest absolute Gasteiger partial charge is 0.456 e. The van der Waals surface area contributed by atoms with Crippen molar-refractivity contribution in [2.75, 3.05) is 9.80 Å². The second-order valence-corrected chi connectivity index (χ2v) is 30.7. The quantitative estimate of drug-likeness (QED) is 0.115. The fraction of sp³-hybridized carbons (Fsp3) is 0.0556. The van der Waals surface area contributed by atoms with E-state index in [-0.39, 0.29) is 10.8 Å². The Morgan fingerprint density at radius 3 is 0.768 bits per heavy atom. The van der Waals surface area contributed by atoms with Crippen LogP contribution < -0.4 is 9.80 Å². The lowest BCUT2D eigenvalue weighted by atomic mass is 9.79. The molecule has 0 saturated carbocycles. The van der Waals surface area contributed by atoms with Crippen molar-refractivity contribution < 1.29 is 8.83 Å². The molecule has 0 bridgehead atoms. The van der Waals surface area contributed by atoms with E-state index in [0.717, 1.165) is 100 Å². The van der Waals surface area contributed by atoms with E-state index in [2.05, 4.69) is 414 Å². The number of anilines is 6. The lowest BCUT2D eigenvalue weighted by Gasteiger charge is -2.27. The number of rotatable bonds is 13. The molecule has 0 spiro atoms. The molecular weight excluding hydrogens is 1360 g/mol. The maximum atomic E-state index is 6.09. The highest BCUT2D eigenvalue weighted by Gasteiger charge is 2.39. The van der Waals surface area contributed by atoms with Gasteiger partial charge in [-0.3, -0.25) is 0 Å². The standard InChI is InChI=1S/C60H47N.C48H31NO2/c1-59(2)55-22-10-8-16-51(55)53-20-12-18-49(57(53)59)44-30-36-47(37-31-44)61(46-34-28-43(29-35-46)42-26-24-41(25-27-42)40-14-6-5-7-15-40)48-38-32-45(33-39-48)50-19-13-21-54-52-17-9-11-23-56(52)60(3,4)58(50)54;1-2-8-32(9-3-1)33-14-22-38(23-15-33)49(39-24-16-34(17-25-39)36-20-28-47-43(30-36)41-10-4-6-12-45(41)50-47)40-26-18-35(19-27-40)37-21-29-48-44(31-37)42-11-5-7-13-46(42)51-48/h5-39H,1-4H3;1-31H. The molecule has 112 heavy (non-hydrogen) atoms. The van der Waals surface area contributed by atoms with Gasteiger partial charge < -0.3 is 18.6 Å². The van der Waals surface area contributed by atoms with Crippen LogP contribution >= 0.6 is 0 Å². The smallest absolute Gasteiger partial charge is 0.135 e. The van der Waals surface area contributed by atoms with Gasteiger partial charge in [0.05, 0.1) is 0 Å². The molecule has 2 aromatic heterocycles. The topological polar surface area (TPSA) is 32.8 Å². The van der Waals surface area contributed by atoms with Gasteiger partial charge in [-0.2, -0.15) is 0 Å². The Morgan fingerprint density at radius 2 is 0.420 bits per heavy atom. The van der Waals surface area contributed by atoms with Gasteiger partial charge in [0.25, 0.3) is 0 Å².